The molecule has 1 heterocycles. The van der Waals surface area contributed by atoms with Crippen molar-refractivity contribution in [2.75, 3.05) is 20.3 Å². The van der Waals surface area contributed by atoms with E-state index in [-0.39, 0.29) is 0 Å². The number of nitrogens with one attached hydrogen (secondary N) is 1. The Labute approximate surface area is 131 Å². The topological polar surface area (TPSA) is 26.2 Å². The largest absolute Gasteiger partial charge is 0.383 e. The zero-order valence-electron chi connectivity index (χ0n) is 13.2. The molecule has 114 valence electrons. The van der Waals surface area contributed by atoms with E-state index in [1.165, 1.54) is 22.5 Å². The van der Waals surface area contributed by atoms with Gasteiger partial charge in [0.25, 0.3) is 0 Å². The highest BCUT2D eigenvalue weighted by Gasteiger charge is 2.12. The zero-order valence-corrected chi connectivity index (χ0v) is 13.9. The highest BCUT2D eigenvalue weighted by Crippen LogP contribution is 2.25. The van der Waals surface area contributed by atoms with E-state index in [0.29, 0.717) is 0 Å². The number of halogens is 1. The second-order valence-electron chi connectivity index (χ2n) is 5.33. The average molecular weight is 307 g/mol. The van der Waals surface area contributed by atoms with E-state index < -0.39 is 0 Å². The Kier molecular flexibility index (Phi) is 5.45. The molecule has 3 nitrogen and oxygen atoms in total. The molecule has 2 aromatic rings. The smallest absolute Gasteiger partial charge is 0.0587 e. The lowest BCUT2D eigenvalue weighted by Gasteiger charge is -2.13. The van der Waals surface area contributed by atoms with Crippen LogP contribution in [-0.4, -0.2) is 24.8 Å². The van der Waals surface area contributed by atoms with Crippen molar-refractivity contribution in [2.45, 2.75) is 27.3 Å². The molecule has 0 saturated heterocycles. The molecule has 1 N–H and O–H groups in total. The lowest BCUT2D eigenvalue weighted by atomic mass is 10.2. The Morgan fingerprint density at radius 2 is 1.95 bits per heavy atom. The summed E-state index contributed by atoms with van der Waals surface area (Å²) in [6, 6.07) is 8.25. The fourth-order valence-corrected chi connectivity index (χ4v) is 2.77. The van der Waals surface area contributed by atoms with Gasteiger partial charge in [-0.25, -0.2) is 0 Å². The Morgan fingerprint density at radius 3 is 2.67 bits per heavy atom. The van der Waals surface area contributed by atoms with Gasteiger partial charge in [0.1, 0.15) is 0 Å². The maximum absolute atomic E-state index is 6.16. The third kappa shape index (κ3) is 3.67. The molecule has 0 fully saturated rings. The fourth-order valence-electron chi connectivity index (χ4n) is 2.60. The number of nitrogens with zero attached hydrogens (tertiary/aromatic N) is 1. The molecule has 0 spiro atoms. The van der Waals surface area contributed by atoms with Crippen LogP contribution < -0.4 is 5.32 Å². The van der Waals surface area contributed by atoms with E-state index in [9.17, 15) is 0 Å². The number of methoxy groups -OCH3 is 1. The molecule has 0 saturated carbocycles. The molecule has 2 rings (SSSR count). The first-order valence-corrected chi connectivity index (χ1v) is 7.56. The second-order valence-corrected chi connectivity index (χ2v) is 5.77. The molecule has 1 aromatic carbocycles. The standard InChI is InChI=1S/C17H23ClN2O/c1-12-5-6-16(18)10-17(12)20-13(2)9-15(14(20)3)11-19-7-8-21-4/h5-6,9-10,19H,7-8,11H2,1-4H3. The number of aromatic nitrogens is 1. The van der Waals surface area contributed by atoms with Crippen molar-refractivity contribution in [1.29, 1.82) is 0 Å². The summed E-state index contributed by atoms with van der Waals surface area (Å²) in [6.45, 7) is 8.83. The highest BCUT2D eigenvalue weighted by atomic mass is 35.5. The Bertz CT molecular complexity index is 619. The number of hydrogen-bond donors (Lipinski definition) is 1. The van der Waals surface area contributed by atoms with Gasteiger partial charge in [-0.15, -0.1) is 0 Å². The van der Waals surface area contributed by atoms with Crippen LogP contribution in [0, 0.1) is 20.8 Å². The molecule has 1 aromatic heterocycles. The molecule has 0 bridgehead atoms. The molecular weight excluding hydrogens is 284 g/mol. The molecule has 0 aliphatic carbocycles. The number of hydrogen-bond acceptors (Lipinski definition) is 2. The first-order chi connectivity index (χ1) is 10.0. The van der Waals surface area contributed by atoms with Crippen LogP contribution in [0.4, 0.5) is 0 Å². The monoisotopic (exact) mass is 306 g/mol. The molecule has 0 unspecified atom stereocenters. The van der Waals surface area contributed by atoms with Crippen molar-refractivity contribution < 1.29 is 4.74 Å². The van der Waals surface area contributed by atoms with Gasteiger partial charge < -0.3 is 14.6 Å². The van der Waals surface area contributed by atoms with Crippen molar-refractivity contribution in [2.24, 2.45) is 0 Å². The van der Waals surface area contributed by atoms with E-state index in [1.54, 1.807) is 7.11 Å². The Balaban J connectivity index is 2.28. The van der Waals surface area contributed by atoms with E-state index in [2.05, 4.69) is 42.8 Å². The van der Waals surface area contributed by atoms with Gasteiger partial charge >= 0.3 is 0 Å². The van der Waals surface area contributed by atoms with Gasteiger partial charge in [0, 0.05) is 42.3 Å². The van der Waals surface area contributed by atoms with Crippen molar-refractivity contribution in [1.82, 2.24) is 9.88 Å². The van der Waals surface area contributed by atoms with Crippen LogP contribution in [-0.2, 0) is 11.3 Å². The lowest BCUT2D eigenvalue weighted by Crippen LogP contribution is -2.18. The van der Waals surface area contributed by atoms with Gasteiger partial charge in [0.05, 0.1) is 6.61 Å². The maximum Gasteiger partial charge on any atom is 0.0587 e. The van der Waals surface area contributed by atoms with Crippen molar-refractivity contribution in [3.05, 3.63) is 51.8 Å². The normalized spacial score (nSPS) is 11.1. The number of aryl methyl sites for hydroxylation is 2. The van der Waals surface area contributed by atoms with Gasteiger partial charge in [-0.3, -0.25) is 0 Å². The fraction of sp³-hybridized carbons (Fsp3) is 0.412. The predicted molar refractivity (Wildman–Crippen MR) is 88.6 cm³/mol. The molecule has 4 heteroatoms. The van der Waals surface area contributed by atoms with E-state index in [1.807, 2.05) is 12.1 Å². The summed E-state index contributed by atoms with van der Waals surface area (Å²) >= 11 is 6.16. The Hall–Kier alpha value is -1.29. The first-order valence-electron chi connectivity index (χ1n) is 7.18. The summed E-state index contributed by atoms with van der Waals surface area (Å²) in [4.78, 5) is 0. The third-order valence-corrected chi connectivity index (χ3v) is 3.98. The molecule has 0 amide bonds. The van der Waals surface area contributed by atoms with Gasteiger partial charge in [-0.2, -0.15) is 0 Å². The second kappa shape index (κ2) is 7.12. The van der Waals surface area contributed by atoms with Gasteiger partial charge in [-0.05, 0) is 50.1 Å². The summed E-state index contributed by atoms with van der Waals surface area (Å²) in [7, 11) is 1.72. The van der Waals surface area contributed by atoms with E-state index in [0.717, 1.165) is 30.4 Å². The van der Waals surface area contributed by atoms with Crippen molar-refractivity contribution >= 4 is 11.6 Å². The van der Waals surface area contributed by atoms with Crippen molar-refractivity contribution in [3.8, 4) is 5.69 Å². The van der Waals surface area contributed by atoms with Gasteiger partial charge in [-0.1, -0.05) is 17.7 Å². The van der Waals surface area contributed by atoms with Gasteiger partial charge in [0.2, 0.25) is 0 Å². The molecular formula is C17H23ClN2O. The first kappa shape index (κ1) is 16.1. The van der Waals surface area contributed by atoms with Crippen LogP contribution >= 0.6 is 11.6 Å². The summed E-state index contributed by atoms with van der Waals surface area (Å²) in [6.07, 6.45) is 0. The maximum atomic E-state index is 6.16. The summed E-state index contributed by atoms with van der Waals surface area (Å²) in [5, 5.41) is 4.16. The minimum atomic E-state index is 0.728. The van der Waals surface area contributed by atoms with Crippen molar-refractivity contribution in [3.63, 3.8) is 0 Å². The summed E-state index contributed by atoms with van der Waals surface area (Å²) < 4.78 is 7.33. The minimum Gasteiger partial charge on any atom is -0.383 e. The van der Waals surface area contributed by atoms with Crippen LogP contribution in [0.3, 0.4) is 0 Å². The predicted octanol–water partition coefficient (Wildman–Crippen LogP) is 3.79. The molecule has 0 aliphatic rings. The quantitative estimate of drug-likeness (QED) is 0.822. The molecule has 0 radical (unpaired) electrons. The van der Waals surface area contributed by atoms with Crippen LogP contribution in [0.15, 0.2) is 24.3 Å². The van der Waals surface area contributed by atoms with Crippen LogP contribution in [0.2, 0.25) is 5.02 Å². The number of rotatable bonds is 6. The van der Waals surface area contributed by atoms with Crippen LogP contribution in [0.5, 0.6) is 0 Å². The summed E-state index contributed by atoms with van der Waals surface area (Å²) in [5.74, 6) is 0. The van der Waals surface area contributed by atoms with Crippen LogP contribution in [0.25, 0.3) is 5.69 Å². The van der Waals surface area contributed by atoms with E-state index in [4.69, 9.17) is 16.3 Å². The molecule has 0 aliphatic heterocycles. The average Bonchev–Trinajstić information content (AvgIpc) is 2.73. The lowest BCUT2D eigenvalue weighted by molar-refractivity contribution is 0.199. The third-order valence-electron chi connectivity index (χ3n) is 3.75. The van der Waals surface area contributed by atoms with Crippen LogP contribution in [0.1, 0.15) is 22.5 Å². The minimum absolute atomic E-state index is 0.728. The molecule has 21 heavy (non-hydrogen) atoms. The SMILES string of the molecule is COCCNCc1cc(C)n(-c2cc(Cl)ccc2C)c1C. The number of benzene rings is 1. The van der Waals surface area contributed by atoms with E-state index >= 15 is 0 Å². The highest BCUT2D eigenvalue weighted by molar-refractivity contribution is 6.30. The number of ether oxygens (including phenoxy) is 1. The van der Waals surface area contributed by atoms with Gasteiger partial charge in [0.15, 0.2) is 0 Å². The zero-order chi connectivity index (χ0) is 15.4. The summed E-state index contributed by atoms with van der Waals surface area (Å²) in [5.41, 5.74) is 6.16. The molecule has 0 atom stereocenters. The Morgan fingerprint density at radius 1 is 1.19 bits per heavy atom.